The Hall–Kier alpha value is -1.09. The van der Waals surface area contributed by atoms with Gasteiger partial charge in [0.15, 0.2) is 0 Å². The van der Waals surface area contributed by atoms with Crippen LogP contribution in [0.5, 0.6) is 0 Å². The fourth-order valence-electron chi connectivity index (χ4n) is 3.08. The van der Waals surface area contributed by atoms with E-state index in [2.05, 4.69) is 31.2 Å². The maximum absolute atomic E-state index is 11.7. The van der Waals surface area contributed by atoms with E-state index in [9.17, 15) is 4.79 Å². The molecule has 0 aromatic heterocycles. The average molecular weight is 365 g/mol. The lowest BCUT2D eigenvalue weighted by molar-refractivity contribution is -0.145. The van der Waals surface area contributed by atoms with Gasteiger partial charge in [-0.1, -0.05) is 63.3 Å². The highest BCUT2D eigenvalue weighted by Crippen LogP contribution is 2.13. The van der Waals surface area contributed by atoms with Crippen LogP contribution in [0.15, 0.2) is 24.3 Å². The van der Waals surface area contributed by atoms with E-state index in [1.807, 2.05) is 0 Å². The fourth-order valence-corrected chi connectivity index (χ4v) is 3.08. The first kappa shape index (κ1) is 23.0. The third-order valence-electron chi connectivity index (χ3n) is 4.84. The van der Waals surface area contributed by atoms with Crippen molar-refractivity contribution in [2.45, 2.75) is 90.4 Å². The van der Waals surface area contributed by atoms with Gasteiger partial charge in [-0.15, -0.1) is 0 Å². The largest absolute Gasteiger partial charge is 0.465 e. The highest BCUT2D eigenvalue weighted by molar-refractivity contribution is 5.69. The quantitative estimate of drug-likeness (QED) is 0.181. The molecule has 0 aromatic carbocycles. The van der Waals surface area contributed by atoms with Crippen LogP contribution in [0.2, 0.25) is 0 Å². The molecule has 0 N–H and O–H groups in total. The molecule has 1 heterocycles. The maximum atomic E-state index is 11.7. The molecule has 1 atom stereocenters. The molecule has 1 rings (SSSR count). The second-order valence-corrected chi connectivity index (χ2v) is 7.39. The van der Waals surface area contributed by atoms with E-state index in [-0.39, 0.29) is 5.97 Å². The number of unbranched alkanes of at least 4 members (excludes halogenated alkanes) is 8. The molecule has 1 fully saturated rings. The predicted octanol–water partition coefficient (Wildman–Crippen LogP) is 6.38. The second-order valence-electron chi connectivity index (χ2n) is 7.39. The van der Waals surface area contributed by atoms with Crippen LogP contribution in [0.3, 0.4) is 0 Å². The summed E-state index contributed by atoms with van der Waals surface area (Å²) < 4.78 is 10.6. The van der Waals surface area contributed by atoms with Crippen LogP contribution < -0.4 is 0 Å². The van der Waals surface area contributed by atoms with Gasteiger partial charge in [0.2, 0.25) is 0 Å². The summed E-state index contributed by atoms with van der Waals surface area (Å²) in [6, 6.07) is 0. The molecule has 0 aliphatic carbocycles. The summed E-state index contributed by atoms with van der Waals surface area (Å²) in [5, 5.41) is 0. The molecule has 0 saturated carbocycles. The van der Waals surface area contributed by atoms with Crippen molar-refractivity contribution in [1.29, 1.82) is 0 Å². The Morgan fingerprint density at radius 1 is 0.962 bits per heavy atom. The average Bonchev–Trinajstić information content (AvgIpc) is 3.17. The van der Waals surface area contributed by atoms with E-state index < -0.39 is 0 Å². The minimum atomic E-state index is -0.0393. The first-order valence-corrected chi connectivity index (χ1v) is 10.9. The van der Waals surface area contributed by atoms with Gasteiger partial charge in [0.25, 0.3) is 0 Å². The number of hydrogen-bond donors (Lipinski definition) is 0. The van der Waals surface area contributed by atoms with E-state index >= 15 is 0 Å². The van der Waals surface area contributed by atoms with E-state index in [4.69, 9.17) is 9.47 Å². The second kappa shape index (κ2) is 17.3. The molecule has 1 saturated heterocycles. The van der Waals surface area contributed by atoms with Crippen molar-refractivity contribution in [2.75, 3.05) is 19.8 Å². The molecular formula is C23H40O3. The van der Waals surface area contributed by atoms with E-state index in [1.165, 1.54) is 51.4 Å². The normalized spacial score (nSPS) is 17.5. The third-order valence-corrected chi connectivity index (χ3v) is 4.84. The Morgan fingerprint density at radius 3 is 2.35 bits per heavy atom. The van der Waals surface area contributed by atoms with Gasteiger partial charge < -0.3 is 9.47 Å². The highest BCUT2D eigenvalue weighted by Gasteiger charge is 2.17. The van der Waals surface area contributed by atoms with Crippen molar-refractivity contribution >= 4 is 5.97 Å². The predicted molar refractivity (Wildman–Crippen MR) is 109 cm³/mol. The summed E-state index contributed by atoms with van der Waals surface area (Å²) in [6.07, 6.45) is 24.0. The number of rotatable bonds is 16. The van der Waals surface area contributed by atoms with Crippen LogP contribution in [-0.2, 0) is 14.3 Å². The molecule has 0 spiro atoms. The molecule has 1 unspecified atom stereocenters. The fraction of sp³-hybridized carbons (Fsp3) is 0.783. The van der Waals surface area contributed by atoms with Gasteiger partial charge in [0.05, 0.1) is 13.2 Å². The molecule has 0 radical (unpaired) electrons. The molecule has 1 aliphatic heterocycles. The zero-order valence-corrected chi connectivity index (χ0v) is 16.9. The minimum Gasteiger partial charge on any atom is -0.465 e. The first-order chi connectivity index (χ1) is 12.8. The number of ether oxygens (including phenoxy) is 2. The summed E-state index contributed by atoms with van der Waals surface area (Å²) in [5.41, 5.74) is 0. The Labute approximate surface area is 161 Å². The number of carbonyl (C=O) groups is 1. The maximum Gasteiger partial charge on any atom is 0.305 e. The van der Waals surface area contributed by atoms with Crippen molar-refractivity contribution in [2.24, 2.45) is 5.92 Å². The van der Waals surface area contributed by atoms with Gasteiger partial charge in [-0.3, -0.25) is 4.79 Å². The summed E-state index contributed by atoms with van der Waals surface area (Å²) >= 11 is 0. The van der Waals surface area contributed by atoms with E-state index in [0.29, 0.717) is 18.9 Å². The van der Waals surface area contributed by atoms with Crippen LogP contribution in [-0.4, -0.2) is 25.8 Å². The Morgan fingerprint density at radius 2 is 1.65 bits per heavy atom. The molecule has 150 valence electrons. The van der Waals surface area contributed by atoms with Crippen molar-refractivity contribution in [3.8, 4) is 0 Å². The molecular weight excluding hydrogens is 324 g/mol. The number of esters is 1. The zero-order chi connectivity index (χ0) is 18.7. The van der Waals surface area contributed by atoms with E-state index in [0.717, 1.165) is 38.9 Å². The third kappa shape index (κ3) is 14.1. The topological polar surface area (TPSA) is 35.5 Å². The van der Waals surface area contributed by atoms with E-state index in [1.54, 1.807) is 0 Å². The number of hydrogen-bond acceptors (Lipinski definition) is 3. The molecule has 0 bridgehead atoms. The lowest BCUT2D eigenvalue weighted by Crippen LogP contribution is -2.13. The zero-order valence-electron chi connectivity index (χ0n) is 16.9. The van der Waals surface area contributed by atoms with Gasteiger partial charge in [-0.2, -0.15) is 0 Å². The molecule has 0 aromatic rings. The van der Waals surface area contributed by atoms with Crippen LogP contribution in [0.25, 0.3) is 0 Å². The molecule has 3 heteroatoms. The molecule has 1 aliphatic rings. The molecule has 3 nitrogen and oxygen atoms in total. The first-order valence-electron chi connectivity index (χ1n) is 10.9. The van der Waals surface area contributed by atoms with Gasteiger partial charge in [-0.25, -0.2) is 0 Å². The SMILES string of the molecule is CCCCCC=CCC=CCCCCCCCC(=O)OCC1CCOC1. The summed E-state index contributed by atoms with van der Waals surface area (Å²) in [5.74, 6) is 0.381. The summed E-state index contributed by atoms with van der Waals surface area (Å²) in [6.45, 7) is 4.35. The van der Waals surface area contributed by atoms with Gasteiger partial charge in [0.1, 0.15) is 0 Å². The van der Waals surface area contributed by atoms with Crippen molar-refractivity contribution < 1.29 is 14.3 Å². The van der Waals surface area contributed by atoms with Crippen molar-refractivity contribution in [1.82, 2.24) is 0 Å². The minimum absolute atomic E-state index is 0.0393. The lowest BCUT2D eigenvalue weighted by atomic mass is 10.1. The van der Waals surface area contributed by atoms with Gasteiger partial charge in [0, 0.05) is 18.9 Å². The smallest absolute Gasteiger partial charge is 0.305 e. The van der Waals surface area contributed by atoms with Crippen molar-refractivity contribution in [3.63, 3.8) is 0 Å². The van der Waals surface area contributed by atoms with Gasteiger partial charge in [-0.05, 0) is 44.9 Å². The molecule has 26 heavy (non-hydrogen) atoms. The monoisotopic (exact) mass is 364 g/mol. The van der Waals surface area contributed by atoms with Crippen LogP contribution in [0.4, 0.5) is 0 Å². The number of carbonyl (C=O) groups excluding carboxylic acids is 1. The Bertz CT molecular complexity index is 381. The Balaban J connectivity index is 1.79. The summed E-state index contributed by atoms with van der Waals surface area (Å²) in [7, 11) is 0. The summed E-state index contributed by atoms with van der Waals surface area (Å²) in [4.78, 5) is 11.7. The van der Waals surface area contributed by atoms with Crippen LogP contribution >= 0.6 is 0 Å². The van der Waals surface area contributed by atoms with Crippen molar-refractivity contribution in [3.05, 3.63) is 24.3 Å². The molecule has 0 amide bonds. The number of allylic oxidation sites excluding steroid dienone is 4. The van der Waals surface area contributed by atoms with Gasteiger partial charge >= 0.3 is 5.97 Å². The van der Waals surface area contributed by atoms with Crippen LogP contribution in [0, 0.1) is 5.92 Å². The van der Waals surface area contributed by atoms with Crippen LogP contribution in [0.1, 0.15) is 90.4 Å². The standard InChI is InChI=1S/C23H40O3/c1-2-3-4-5-6-7-8-9-10-11-12-13-14-15-16-17-23(24)26-21-22-18-19-25-20-22/h6-7,9-10,22H,2-5,8,11-21H2,1H3. The highest BCUT2D eigenvalue weighted by atomic mass is 16.5. The Kier molecular flexibility index (Phi) is 15.3. The lowest BCUT2D eigenvalue weighted by Gasteiger charge is -2.08.